The minimum Gasteiger partial charge on any atom is -0.425 e. The van der Waals surface area contributed by atoms with Gasteiger partial charge in [-0.15, -0.1) is 0 Å². The van der Waals surface area contributed by atoms with Crippen LogP contribution in [0.25, 0.3) is 0 Å². The van der Waals surface area contributed by atoms with Gasteiger partial charge in [0.2, 0.25) is 0 Å². The molecule has 3 nitrogen and oxygen atoms in total. The van der Waals surface area contributed by atoms with Crippen molar-refractivity contribution < 1.29 is 14.3 Å². The van der Waals surface area contributed by atoms with Crippen LogP contribution in [-0.4, -0.2) is 19.7 Å². The maximum atomic E-state index is 11.1. The normalized spacial score (nSPS) is 9.93. The zero-order valence-electron chi connectivity index (χ0n) is 7.42. The van der Waals surface area contributed by atoms with Gasteiger partial charge in [0, 0.05) is 16.1 Å². The predicted molar refractivity (Wildman–Crippen MR) is 59.4 cm³/mol. The van der Waals surface area contributed by atoms with Gasteiger partial charge < -0.3 is 9.47 Å². The van der Waals surface area contributed by atoms with Crippen LogP contribution in [0.1, 0.15) is 0 Å². The molecule has 0 aliphatic rings. The van der Waals surface area contributed by atoms with E-state index in [-0.39, 0.29) is 6.61 Å². The van der Waals surface area contributed by atoms with Crippen LogP contribution in [0.15, 0.2) is 27.1 Å². The summed E-state index contributed by atoms with van der Waals surface area (Å²) in [6, 6.07) is 5.27. The molecule has 0 atom stereocenters. The average molecular weight is 324 g/mol. The summed E-state index contributed by atoms with van der Waals surface area (Å²) in [4.78, 5) is 11.1. The number of methoxy groups -OCH3 is 1. The highest BCUT2D eigenvalue weighted by molar-refractivity contribution is 9.11. The average Bonchev–Trinajstić information content (AvgIpc) is 2.01. The predicted octanol–water partition coefficient (Wildman–Crippen LogP) is 2.76. The lowest BCUT2D eigenvalue weighted by Gasteiger charge is -2.04. The number of ether oxygens (including phenoxy) is 2. The molecule has 0 bridgehead atoms. The molecule has 0 radical (unpaired) electrons. The second-order valence-corrected chi connectivity index (χ2v) is 4.34. The van der Waals surface area contributed by atoms with E-state index in [2.05, 4.69) is 36.6 Å². The zero-order chi connectivity index (χ0) is 10.6. The van der Waals surface area contributed by atoms with Crippen LogP contribution in [0, 0.1) is 0 Å². The van der Waals surface area contributed by atoms with Crippen molar-refractivity contribution in [2.75, 3.05) is 13.7 Å². The van der Waals surface area contributed by atoms with E-state index >= 15 is 0 Å². The fourth-order valence-corrected chi connectivity index (χ4v) is 2.12. The number of carbonyl (C=O) groups excluding carboxylic acids is 1. The van der Waals surface area contributed by atoms with E-state index in [0.717, 1.165) is 8.95 Å². The molecule has 14 heavy (non-hydrogen) atoms. The number of rotatable bonds is 3. The van der Waals surface area contributed by atoms with Crippen molar-refractivity contribution in [2.45, 2.75) is 0 Å². The highest BCUT2D eigenvalue weighted by Gasteiger charge is 2.05. The summed E-state index contributed by atoms with van der Waals surface area (Å²) in [5.74, 6) is 0.0609. The van der Waals surface area contributed by atoms with Crippen LogP contribution < -0.4 is 4.74 Å². The summed E-state index contributed by atoms with van der Waals surface area (Å²) in [5, 5.41) is 0. The van der Waals surface area contributed by atoms with Gasteiger partial charge in [-0.2, -0.15) is 0 Å². The fourth-order valence-electron chi connectivity index (χ4n) is 0.866. The van der Waals surface area contributed by atoms with E-state index in [9.17, 15) is 4.79 Å². The number of carbonyl (C=O) groups is 1. The van der Waals surface area contributed by atoms with Crippen LogP contribution >= 0.6 is 31.9 Å². The second-order valence-electron chi connectivity index (χ2n) is 2.51. The minimum absolute atomic E-state index is 0.0515. The molecule has 0 fully saturated rings. The van der Waals surface area contributed by atoms with Gasteiger partial charge in [0.05, 0.1) is 0 Å². The first kappa shape index (κ1) is 11.7. The Morgan fingerprint density at radius 1 is 1.29 bits per heavy atom. The van der Waals surface area contributed by atoms with Gasteiger partial charge in [-0.1, -0.05) is 31.9 Å². The van der Waals surface area contributed by atoms with Crippen molar-refractivity contribution in [3.63, 3.8) is 0 Å². The van der Waals surface area contributed by atoms with E-state index < -0.39 is 5.97 Å². The zero-order valence-corrected chi connectivity index (χ0v) is 10.6. The Morgan fingerprint density at radius 3 is 2.36 bits per heavy atom. The van der Waals surface area contributed by atoms with Gasteiger partial charge in [-0.25, -0.2) is 4.79 Å². The Hall–Kier alpha value is -0.390. The van der Waals surface area contributed by atoms with Gasteiger partial charge in [-0.05, 0) is 18.2 Å². The lowest BCUT2D eigenvalue weighted by molar-refractivity contribution is -0.138. The first-order valence-electron chi connectivity index (χ1n) is 3.77. The van der Waals surface area contributed by atoms with Gasteiger partial charge in [0.1, 0.15) is 12.4 Å². The standard InChI is InChI=1S/C9H8Br2O3/c1-13-5-9(12)14-8-3-6(10)2-7(11)4-8/h2-4H,5H2,1H3. The van der Waals surface area contributed by atoms with Gasteiger partial charge in [0.25, 0.3) is 0 Å². The van der Waals surface area contributed by atoms with Crippen molar-refractivity contribution >= 4 is 37.8 Å². The van der Waals surface area contributed by atoms with Crippen molar-refractivity contribution in [3.05, 3.63) is 27.1 Å². The number of hydrogen-bond acceptors (Lipinski definition) is 3. The number of hydrogen-bond donors (Lipinski definition) is 0. The molecule has 0 spiro atoms. The summed E-state index contributed by atoms with van der Waals surface area (Å²) in [6.45, 7) is -0.0515. The lowest BCUT2D eigenvalue weighted by Crippen LogP contribution is -2.14. The van der Waals surface area contributed by atoms with Crippen molar-refractivity contribution in [2.24, 2.45) is 0 Å². The Labute approximate surface area is 98.6 Å². The molecule has 0 aromatic heterocycles. The first-order valence-corrected chi connectivity index (χ1v) is 5.36. The number of esters is 1. The monoisotopic (exact) mass is 322 g/mol. The molecule has 0 saturated heterocycles. The van der Waals surface area contributed by atoms with Crippen LogP contribution in [-0.2, 0) is 9.53 Å². The molecule has 0 heterocycles. The fraction of sp³-hybridized carbons (Fsp3) is 0.222. The molecule has 0 amide bonds. The maximum Gasteiger partial charge on any atom is 0.337 e. The van der Waals surface area contributed by atoms with Crippen LogP contribution in [0.5, 0.6) is 5.75 Å². The molecular weight excluding hydrogens is 316 g/mol. The summed E-state index contributed by atoms with van der Waals surface area (Å²) in [6.07, 6.45) is 0. The molecule has 0 N–H and O–H groups in total. The first-order chi connectivity index (χ1) is 6.61. The molecular formula is C9H8Br2O3. The van der Waals surface area contributed by atoms with E-state index in [1.54, 1.807) is 12.1 Å². The Balaban J connectivity index is 2.71. The Morgan fingerprint density at radius 2 is 1.86 bits per heavy atom. The lowest BCUT2D eigenvalue weighted by atomic mass is 10.3. The van der Waals surface area contributed by atoms with Gasteiger partial charge >= 0.3 is 5.97 Å². The largest absolute Gasteiger partial charge is 0.425 e. The molecule has 1 aromatic carbocycles. The number of benzene rings is 1. The van der Waals surface area contributed by atoms with E-state index in [1.807, 2.05) is 6.07 Å². The summed E-state index contributed by atoms with van der Waals surface area (Å²) in [7, 11) is 1.44. The molecule has 1 aromatic rings. The summed E-state index contributed by atoms with van der Waals surface area (Å²) >= 11 is 6.58. The Kier molecular flexibility index (Phi) is 4.57. The third-order valence-electron chi connectivity index (χ3n) is 1.33. The Bertz CT molecular complexity index is 319. The molecule has 76 valence electrons. The highest BCUT2D eigenvalue weighted by Crippen LogP contribution is 2.24. The minimum atomic E-state index is -0.419. The molecule has 0 saturated carbocycles. The topological polar surface area (TPSA) is 35.5 Å². The van der Waals surface area contributed by atoms with Crippen molar-refractivity contribution in [1.82, 2.24) is 0 Å². The quantitative estimate of drug-likeness (QED) is 0.634. The van der Waals surface area contributed by atoms with Gasteiger partial charge in [0.15, 0.2) is 0 Å². The molecule has 0 aliphatic carbocycles. The van der Waals surface area contributed by atoms with E-state index in [4.69, 9.17) is 4.74 Å². The smallest absolute Gasteiger partial charge is 0.337 e. The van der Waals surface area contributed by atoms with Gasteiger partial charge in [-0.3, -0.25) is 0 Å². The van der Waals surface area contributed by atoms with E-state index in [0.29, 0.717) is 5.75 Å². The maximum absolute atomic E-state index is 11.1. The molecule has 0 aliphatic heterocycles. The SMILES string of the molecule is COCC(=O)Oc1cc(Br)cc(Br)c1. The van der Waals surface area contributed by atoms with Crippen molar-refractivity contribution in [1.29, 1.82) is 0 Å². The third-order valence-corrected chi connectivity index (χ3v) is 2.25. The highest BCUT2D eigenvalue weighted by atomic mass is 79.9. The van der Waals surface area contributed by atoms with Crippen molar-refractivity contribution in [3.8, 4) is 5.75 Å². The summed E-state index contributed by atoms with van der Waals surface area (Å²) in [5.41, 5.74) is 0. The number of halogens is 2. The van der Waals surface area contributed by atoms with E-state index in [1.165, 1.54) is 7.11 Å². The van der Waals surface area contributed by atoms with Crippen LogP contribution in [0.3, 0.4) is 0 Å². The molecule has 1 rings (SSSR count). The third kappa shape index (κ3) is 3.77. The summed E-state index contributed by atoms with van der Waals surface area (Å²) < 4.78 is 11.3. The van der Waals surface area contributed by atoms with Crippen LogP contribution in [0.2, 0.25) is 0 Å². The molecule has 5 heteroatoms. The second kappa shape index (κ2) is 5.48. The molecule has 0 unspecified atom stereocenters. The van der Waals surface area contributed by atoms with Crippen LogP contribution in [0.4, 0.5) is 0 Å².